The van der Waals surface area contributed by atoms with Gasteiger partial charge in [0.1, 0.15) is 0 Å². The van der Waals surface area contributed by atoms with Crippen LogP contribution in [0.25, 0.3) is 16.9 Å². The molecule has 132 valence electrons. The molecule has 1 heterocycles. The molecule has 1 aliphatic carbocycles. The van der Waals surface area contributed by atoms with Gasteiger partial charge in [0.25, 0.3) is 0 Å². The molecule has 0 saturated heterocycles. The maximum absolute atomic E-state index is 5.54. The SMILES string of the molecule is CN(Cc1cn(-c2ccccc2)nc1-c1ccccc1)C(=S)NC1CC1. The molecule has 2 aromatic carbocycles. The lowest BCUT2D eigenvalue weighted by atomic mass is 10.1. The molecule has 0 aliphatic heterocycles. The Morgan fingerprint density at radius 3 is 2.42 bits per heavy atom. The van der Waals surface area contributed by atoms with E-state index in [9.17, 15) is 0 Å². The number of hydrogen-bond acceptors (Lipinski definition) is 2. The highest BCUT2D eigenvalue weighted by molar-refractivity contribution is 7.80. The molecule has 1 fully saturated rings. The van der Waals surface area contributed by atoms with E-state index in [1.165, 1.54) is 12.8 Å². The lowest BCUT2D eigenvalue weighted by Gasteiger charge is -2.20. The van der Waals surface area contributed by atoms with Gasteiger partial charge in [0, 0.05) is 37.0 Å². The minimum atomic E-state index is 0.561. The van der Waals surface area contributed by atoms with Crippen LogP contribution in [0.4, 0.5) is 0 Å². The van der Waals surface area contributed by atoms with Gasteiger partial charge in [0.15, 0.2) is 5.11 Å². The molecule has 4 rings (SSSR count). The van der Waals surface area contributed by atoms with Crippen molar-refractivity contribution in [2.45, 2.75) is 25.4 Å². The summed E-state index contributed by atoms with van der Waals surface area (Å²) < 4.78 is 1.95. The van der Waals surface area contributed by atoms with Gasteiger partial charge >= 0.3 is 0 Å². The van der Waals surface area contributed by atoms with Crippen molar-refractivity contribution in [1.82, 2.24) is 20.0 Å². The smallest absolute Gasteiger partial charge is 0.169 e. The number of nitrogens with zero attached hydrogens (tertiary/aromatic N) is 3. The Balaban J connectivity index is 1.65. The second kappa shape index (κ2) is 7.30. The summed E-state index contributed by atoms with van der Waals surface area (Å²) in [4.78, 5) is 2.09. The summed E-state index contributed by atoms with van der Waals surface area (Å²) in [6.45, 7) is 0.718. The average molecular weight is 363 g/mol. The molecule has 1 aromatic heterocycles. The maximum atomic E-state index is 5.54. The van der Waals surface area contributed by atoms with Crippen molar-refractivity contribution in [2.24, 2.45) is 0 Å². The van der Waals surface area contributed by atoms with E-state index in [0.717, 1.165) is 34.2 Å². The van der Waals surface area contributed by atoms with Crippen LogP contribution in [0.3, 0.4) is 0 Å². The van der Waals surface area contributed by atoms with Crippen molar-refractivity contribution < 1.29 is 0 Å². The van der Waals surface area contributed by atoms with E-state index in [1.807, 2.05) is 48.1 Å². The molecular formula is C21H22N4S. The molecular weight excluding hydrogens is 340 g/mol. The van der Waals surface area contributed by atoms with Crippen LogP contribution in [0.15, 0.2) is 66.9 Å². The van der Waals surface area contributed by atoms with Crippen LogP contribution in [-0.4, -0.2) is 32.9 Å². The summed E-state index contributed by atoms with van der Waals surface area (Å²) in [6.07, 6.45) is 4.54. The third-order valence-electron chi connectivity index (χ3n) is 4.52. The van der Waals surface area contributed by atoms with Crippen molar-refractivity contribution in [3.05, 3.63) is 72.4 Å². The van der Waals surface area contributed by atoms with Crippen molar-refractivity contribution in [3.8, 4) is 16.9 Å². The fraction of sp³-hybridized carbons (Fsp3) is 0.238. The highest BCUT2D eigenvalue weighted by Crippen LogP contribution is 2.25. The second-order valence-electron chi connectivity index (χ2n) is 6.73. The van der Waals surface area contributed by atoms with E-state index in [2.05, 4.69) is 40.7 Å². The third-order valence-corrected chi connectivity index (χ3v) is 4.95. The zero-order valence-electron chi connectivity index (χ0n) is 14.8. The molecule has 0 unspecified atom stereocenters. The predicted molar refractivity (Wildman–Crippen MR) is 109 cm³/mol. The average Bonchev–Trinajstić information content (AvgIpc) is 3.40. The predicted octanol–water partition coefficient (Wildman–Crippen LogP) is 4.01. The third kappa shape index (κ3) is 3.78. The van der Waals surface area contributed by atoms with E-state index in [0.29, 0.717) is 6.04 Å². The van der Waals surface area contributed by atoms with Gasteiger partial charge in [-0.15, -0.1) is 0 Å². The number of aromatic nitrogens is 2. The lowest BCUT2D eigenvalue weighted by molar-refractivity contribution is 0.489. The van der Waals surface area contributed by atoms with Gasteiger partial charge in [-0.25, -0.2) is 4.68 Å². The number of rotatable bonds is 5. The molecule has 1 aliphatic rings. The second-order valence-corrected chi connectivity index (χ2v) is 7.12. The van der Waals surface area contributed by atoms with Gasteiger partial charge in [-0.1, -0.05) is 48.5 Å². The van der Waals surface area contributed by atoms with E-state index < -0.39 is 0 Å². The summed E-state index contributed by atoms with van der Waals surface area (Å²) in [5, 5.41) is 9.07. The van der Waals surface area contributed by atoms with E-state index in [4.69, 9.17) is 17.3 Å². The van der Waals surface area contributed by atoms with E-state index in [1.54, 1.807) is 0 Å². The highest BCUT2D eigenvalue weighted by Gasteiger charge is 2.23. The summed E-state index contributed by atoms with van der Waals surface area (Å²) in [6, 6.07) is 21.1. The molecule has 0 bridgehead atoms. The number of para-hydroxylation sites is 1. The van der Waals surface area contributed by atoms with Crippen LogP contribution < -0.4 is 5.32 Å². The van der Waals surface area contributed by atoms with Crippen molar-refractivity contribution in [3.63, 3.8) is 0 Å². The fourth-order valence-corrected chi connectivity index (χ4v) is 3.15. The van der Waals surface area contributed by atoms with Crippen molar-refractivity contribution in [1.29, 1.82) is 0 Å². The Labute approximate surface area is 159 Å². The number of nitrogens with one attached hydrogen (secondary N) is 1. The molecule has 26 heavy (non-hydrogen) atoms. The molecule has 4 nitrogen and oxygen atoms in total. The van der Waals surface area contributed by atoms with Gasteiger partial charge in [0.2, 0.25) is 0 Å². The monoisotopic (exact) mass is 362 g/mol. The molecule has 0 spiro atoms. The molecule has 0 radical (unpaired) electrons. The number of hydrogen-bond donors (Lipinski definition) is 1. The Hall–Kier alpha value is -2.66. The van der Waals surface area contributed by atoms with Crippen molar-refractivity contribution >= 4 is 17.3 Å². The Kier molecular flexibility index (Phi) is 4.71. The number of benzene rings is 2. The quantitative estimate of drug-likeness (QED) is 0.695. The first-order valence-corrected chi connectivity index (χ1v) is 9.32. The highest BCUT2D eigenvalue weighted by atomic mass is 32.1. The van der Waals surface area contributed by atoms with Gasteiger partial charge in [-0.3, -0.25) is 0 Å². The molecule has 3 aromatic rings. The minimum absolute atomic E-state index is 0.561. The molecule has 5 heteroatoms. The molecule has 1 N–H and O–H groups in total. The van der Waals surface area contributed by atoms with E-state index in [-0.39, 0.29) is 0 Å². The first-order valence-electron chi connectivity index (χ1n) is 8.92. The van der Waals surface area contributed by atoms with Crippen LogP contribution in [-0.2, 0) is 6.54 Å². The standard InChI is InChI=1S/C21H22N4S/c1-24(21(26)22-18-12-13-18)14-17-15-25(19-10-6-3-7-11-19)23-20(17)16-8-4-2-5-9-16/h2-11,15,18H,12-14H2,1H3,(H,22,26). The largest absolute Gasteiger partial charge is 0.360 e. The topological polar surface area (TPSA) is 33.1 Å². The first-order chi connectivity index (χ1) is 12.7. The number of thiocarbonyl (C=S) groups is 1. The van der Waals surface area contributed by atoms with Crippen molar-refractivity contribution in [2.75, 3.05) is 7.05 Å². The van der Waals surface area contributed by atoms with Gasteiger partial charge < -0.3 is 10.2 Å². The van der Waals surface area contributed by atoms with Gasteiger partial charge in [0.05, 0.1) is 11.4 Å². The van der Waals surface area contributed by atoms with E-state index >= 15 is 0 Å². The summed E-state index contributed by atoms with van der Waals surface area (Å²) in [5.41, 5.74) is 4.32. The Morgan fingerprint density at radius 2 is 1.77 bits per heavy atom. The minimum Gasteiger partial charge on any atom is -0.360 e. The molecule has 1 saturated carbocycles. The summed E-state index contributed by atoms with van der Waals surface area (Å²) in [7, 11) is 2.03. The van der Waals surface area contributed by atoms with Crippen LogP contribution in [0, 0.1) is 0 Å². The van der Waals surface area contributed by atoms with Crippen LogP contribution in [0.1, 0.15) is 18.4 Å². The summed E-state index contributed by atoms with van der Waals surface area (Å²) >= 11 is 5.54. The normalized spacial score (nSPS) is 13.4. The van der Waals surface area contributed by atoms with Crippen LogP contribution in [0.2, 0.25) is 0 Å². The Morgan fingerprint density at radius 1 is 1.12 bits per heavy atom. The van der Waals surface area contributed by atoms with Gasteiger partial charge in [-0.2, -0.15) is 5.10 Å². The molecule has 0 amide bonds. The first kappa shape index (κ1) is 16.8. The zero-order chi connectivity index (χ0) is 17.9. The van der Waals surface area contributed by atoms with Crippen LogP contribution >= 0.6 is 12.2 Å². The van der Waals surface area contributed by atoms with Crippen LogP contribution in [0.5, 0.6) is 0 Å². The summed E-state index contributed by atoms with van der Waals surface area (Å²) in [5.74, 6) is 0. The molecule has 0 atom stereocenters. The van der Waals surface area contributed by atoms with Gasteiger partial charge in [-0.05, 0) is 37.2 Å². The maximum Gasteiger partial charge on any atom is 0.169 e. The Bertz CT molecular complexity index is 885. The fourth-order valence-electron chi connectivity index (χ4n) is 2.92. The zero-order valence-corrected chi connectivity index (χ0v) is 15.6. The lowest BCUT2D eigenvalue weighted by Crippen LogP contribution is -2.37.